The summed E-state index contributed by atoms with van der Waals surface area (Å²) in [6, 6.07) is 0. The fraction of sp³-hybridized carbons (Fsp3) is 0. The Morgan fingerprint density at radius 3 is 0.250 bits per heavy atom. The van der Waals surface area contributed by atoms with Crippen molar-refractivity contribution in [1.29, 1.82) is 0 Å². The van der Waals surface area contributed by atoms with Gasteiger partial charge in [0.2, 0.25) is 0 Å². The monoisotopic (exact) mass is 468 g/mol. The van der Waals surface area contributed by atoms with E-state index in [1.165, 1.54) is 0 Å². The number of hydrogen-bond acceptors (Lipinski definition) is 6. The molecule has 22 heteroatoms. The van der Waals surface area contributed by atoms with Gasteiger partial charge in [0.15, 0.2) is 0 Å². The van der Waals surface area contributed by atoms with Crippen LogP contribution in [0.4, 0.5) is 28.8 Å². The summed E-state index contributed by atoms with van der Waals surface area (Å²) in [6.07, 6.45) is -11.0. The molecule has 12 N–H and O–H groups in total. The average Bonchev–Trinajstić information content (AvgIpc) is 2.08. The average molecular weight is 468 g/mol. The van der Waals surface area contributed by atoms with Crippen LogP contribution < -0.4 is 0 Å². The van der Waals surface area contributed by atoms with Crippen molar-refractivity contribution in [2.75, 3.05) is 0 Å². The third-order valence-corrected chi connectivity index (χ3v) is 0. The third-order valence-electron chi connectivity index (χ3n) is 0. The van der Waals surface area contributed by atoms with Crippen LogP contribution in [0.1, 0.15) is 0 Å². The molecule has 0 unspecified atom stereocenters. The van der Waals surface area contributed by atoms with Crippen LogP contribution in [-0.4, -0.2) is 216 Å². The minimum absolute atomic E-state index is 0. The Balaban J connectivity index is -0.0000000169. The molecule has 28 heavy (non-hydrogen) atoms. The summed E-state index contributed by atoms with van der Waals surface area (Å²) in [5.41, 5.74) is 0. The molecule has 0 heterocycles. The van der Waals surface area contributed by atoms with Crippen molar-refractivity contribution in [2.45, 2.75) is 0 Å². The fourth-order valence-corrected chi connectivity index (χ4v) is 0. The Bertz CT molecular complexity index is 267. The normalized spacial score (nSPS) is 5.14. The molecule has 18 nitrogen and oxygen atoms in total. The van der Waals surface area contributed by atoms with Crippen LogP contribution in [-0.2, 0) is 0 Å². The predicted molar refractivity (Wildman–Crippen MR) is 92.5 cm³/mol. The van der Waals surface area contributed by atoms with Crippen LogP contribution in [0.25, 0.3) is 0 Å². The van der Waals surface area contributed by atoms with Crippen LogP contribution >= 0.6 is 0 Å². The van der Waals surface area contributed by atoms with E-state index in [-0.39, 0.29) is 118 Å². The van der Waals surface area contributed by atoms with E-state index >= 15 is 0 Å². The van der Waals surface area contributed by atoms with Gasteiger partial charge in [-0.2, -0.15) is 0 Å². The van der Waals surface area contributed by atoms with Crippen LogP contribution in [0, 0.1) is 0 Å². The molecule has 0 amide bonds. The van der Waals surface area contributed by atoms with Crippen LogP contribution in [0.2, 0.25) is 0 Å². The van der Waals surface area contributed by atoms with E-state index in [1.54, 1.807) is 0 Å². The molecule has 0 fully saturated rings. The van der Waals surface area contributed by atoms with Crippen LogP contribution in [0.5, 0.6) is 0 Å². The Labute approximate surface area is 242 Å². The van der Waals surface area contributed by atoms with Crippen LogP contribution in [0.3, 0.4) is 0 Å². The molecule has 0 saturated carbocycles. The van der Waals surface area contributed by atoms with Crippen molar-refractivity contribution in [3.05, 3.63) is 0 Å². The molecule has 0 rings (SSSR count). The Morgan fingerprint density at radius 1 is 0.250 bits per heavy atom. The maximum atomic E-state index is 8.56. The molecular weight excluding hydrogens is 452 g/mol. The molecule has 0 aliphatic carbocycles. The predicted octanol–water partition coefficient (Wildman–Crippen LogP) is -1.26. The fourth-order valence-electron chi connectivity index (χ4n) is 0. The van der Waals surface area contributed by atoms with Gasteiger partial charge in [-0.15, -0.1) is 0 Å². The van der Waals surface area contributed by atoms with Gasteiger partial charge in [-0.3, -0.25) is 0 Å². The summed E-state index contributed by atoms with van der Waals surface area (Å²) in [6.45, 7) is 0. The van der Waals surface area contributed by atoms with Gasteiger partial charge in [-0.25, -0.2) is 28.8 Å². The number of hydrogen-bond donors (Lipinski definition) is 12. The Hall–Kier alpha value is -0.380. The van der Waals surface area contributed by atoms with Crippen molar-refractivity contribution < 1.29 is 90.0 Å². The van der Waals surface area contributed by atoms with Crippen molar-refractivity contribution in [1.82, 2.24) is 0 Å². The second-order valence-corrected chi connectivity index (χ2v) is 1.70. The van der Waals surface area contributed by atoms with E-state index in [4.69, 9.17) is 90.0 Å². The van der Waals surface area contributed by atoms with E-state index < -0.39 is 36.9 Å². The van der Waals surface area contributed by atoms with E-state index in [2.05, 4.69) is 0 Å². The second kappa shape index (κ2) is 56.3. The summed E-state index contributed by atoms with van der Waals surface area (Å²) >= 11 is 0. The molecule has 0 atom stereocenters. The molecule has 152 valence electrons. The van der Waals surface area contributed by atoms with Crippen molar-refractivity contribution in [3.63, 3.8) is 0 Å². The van der Waals surface area contributed by atoms with Gasteiger partial charge >= 0.3 is 155 Å². The minimum atomic E-state index is -1.83. The van der Waals surface area contributed by atoms with Gasteiger partial charge in [-0.1, -0.05) is 0 Å². The first-order valence-electron chi connectivity index (χ1n) is 3.91. The zero-order chi connectivity index (χ0) is 21.5. The third kappa shape index (κ3) is 108000. The molecule has 0 radical (unpaired) electrons. The van der Waals surface area contributed by atoms with Gasteiger partial charge in [-0.05, 0) is 0 Å². The van der Waals surface area contributed by atoms with Gasteiger partial charge in [0.05, 0.1) is 0 Å². The van der Waals surface area contributed by atoms with E-state index in [0.29, 0.717) is 0 Å². The second-order valence-electron chi connectivity index (χ2n) is 1.70. The molecule has 0 saturated heterocycles. The molecule has 0 aromatic heterocycles. The van der Waals surface area contributed by atoms with Gasteiger partial charge < -0.3 is 61.3 Å². The number of carboxylic acid groups (broad SMARTS) is 12. The standard InChI is InChI=1S/6CH2O3.4Na.4H/c6*2-1(3)4;;;;;;;;/h6*(H2,2,3,4);;;;;;;;. The van der Waals surface area contributed by atoms with Crippen molar-refractivity contribution >= 4 is 155 Å². The van der Waals surface area contributed by atoms with E-state index in [0.717, 1.165) is 0 Å². The zero-order valence-electron chi connectivity index (χ0n) is 10.8. The summed E-state index contributed by atoms with van der Waals surface area (Å²) in [5.74, 6) is 0. The first-order valence-corrected chi connectivity index (χ1v) is 3.91. The first-order chi connectivity index (χ1) is 10.4. The topological polar surface area (TPSA) is 345 Å². The SMILES string of the molecule is O=C(O)O.O=C(O)O.O=C(O)O.O=C(O)O.O=C(O)O.O=C(O)O.[NaH].[NaH].[NaH].[NaH]. The first kappa shape index (κ1) is 63.0. The van der Waals surface area contributed by atoms with Gasteiger partial charge in [0, 0.05) is 0 Å². The molecule has 0 aromatic rings. The van der Waals surface area contributed by atoms with Gasteiger partial charge in [0.25, 0.3) is 0 Å². The molecule has 0 bridgehead atoms. The molecular formula is C6H16Na4O18. The summed E-state index contributed by atoms with van der Waals surface area (Å²) in [5, 5.41) is 83.7. The zero-order valence-corrected chi connectivity index (χ0v) is 10.8. The molecule has 0 aliphatic heterocycles. The Kier molecular flexibility index (Phi) is 127. The molecule has 0 aliphatic rings. The summed E-state index contributed by atoms with van der Waals surface area (Å²) in [7, 11) is 0. The number of carbonyl (C=O) groups is 6. The number of rotatable bonds is 0. The van der Waals surface area contributed by atoms with Crippen LogP contribution in [0.15, 0.2) is 0 Å². The molecule has 0 spiro atoms. The van der Waals surface area contributed by atoms with E-state index in [1.807, 2.05) is 0 Å². The Morgan fingerprint density at radius 2 is 0.250 bits per heavy atom. The summed E-state index contributed by atoms with van der Waals surface area (Å²) < 4.78 is 0. The maximum absolute atomic E-state index is 8.56. The molecule has 0 aromatic carbocycles. The quantitative estimate of drug-likeness (QED) is 0.184. The van der Waals surface area contributed by atoms with Crippen molar-refractivity contribution in [2.24, 2.45) is 0 Å². The van der Waals surface area contributed by atoms with E-state index in [9.17, 15) is 0 Å². The van der Waals surface area contributed by atoms with Gasteiger partial charge in [0.1, 0.15) is 0 Å². The summed E-state index contributed by atoms with van der Waals surface area (Å²) in [4.78, 5) is 51.3. The van der Waals surface area contributed by atoms with Crippen molar-refractivity contribution in [3.8, 4) is 0 Å².